The summed E-state index contributed by atoms with van der Waals surface area (Å²) in [4.78, 5) is 6.58. The third-order valence-corrected chi connectivity index (χ3v) is 4.10. The molecule has 1 aromatic rings. The molecule has 1 aliphatic rings. The number of hydrogen-bond donors (Lipinski definition) is 2. The van der Waals surface area contributed by atoms with Crippen LogP contribution in [-0.4, -0.2) is 77.1 Å². The standard InChI is InChI=1S/C19H32N4O3.HI/c1-3-24-11-7-21-19(20-2)22-16-17-5-4-6-18(15-17)26-14-10-23-8-12-25-13-9-23;/h4-6,15H,3,7-14,16H2,1-2H3,(H2,20,21,22);1H. The van der Waals surface area contributed by atoms with E-state index >= 15 is 0 Å². The third kappa shape index (κ3) is 10.1. The van der Waals surface area contributed by atoms with Gasteiger partial charge in [0.1, 0.15) is 12.4 Å². The van der Waals surface area contributed by atoms with Gasteiger partial charge in [-0.15, -0.1) is 24.0 Å². The van der Waals surface area contributed by atoms with Crippen LogP contribution in [0.2, 0.25) is 0 Å². The van der Waals surface area contributed by atoms with Gasteiger partial charge in [-0.1, -0.05) is 12.1 Å². The largest absolute Gasteiger partial charge is 0.492 e. The molecule has 154 valence electrons. The Kier molecular flexibility index (Phi) is 13.2. The van der Waals surface area contributed by atoms with E-state index in [1.54, 1.807) is 7.05 Å². The Morgan fingerprint density at radius 2 is 2.04 bits per heavy atom. The van der Waals surface area contributed by atoms with E-state index in [9.17, 15) is 0 Å². The Hall–Kier alpha value is -1.10. The van der Waals surface area contributed by atoms with Crippen molar-refractivity contribution in [3.8, 4) is 5.75 Å². The summed E-state index contributed by atoms with van der Waals surface area (Å²) >= 11 is 0. The van der Waals surface area contributed by atoms with Gasteiger partial charge < -0.3 is 24.8 Å². The summed E-state index contributed by atoms with van der Waals surface area (Å²) in [5, 5.41) is 6.53. The number of guanidine groups is 1. The fourth-order valence-electron chi connectivity index (χ4n) is 2.65. The first-order chi connectivity index (χ1) is 12.8. The van der Waals surface area contributed by atoms with Crippen molar-refractivity contribution in [3.63, 3.8) is 0 Å². The minimum Gasteiger partial charge on any atom is -0.492 e. The monoisotopic (exact) mass is 492 g/mol. The van der Waals surface area contributed by atoms with Crippen LogP contribution >= 0.6 is 24.0 Å². The first kappa shape index (κ1) is 23.9. The Balaban J connectivity index is 0.00000364. The average Bonchev–Trinajstić information content (AvgIpc) is 2.69. The lowest BCUT2D eigenvalue weighted by molar-refractivity contribution is 0.0322. The zero-order chi connectivity index (χ0) is 18.5. The van der Waals surface area contributed by atoms with Gasteiger partial charge in [-0.25, -0.2) is 0 Å². The van der Waals surface area contributed by atoms with Crippen molar-refractivity contribution in [1.82, 2.24) is 15.5 Å². The Labute approximate surface area is 179 Å². The van der Waals surface area contributed by atoms with Crippen molar-refractivity contribution >= 4 is 29.9 Å². The maximum atomic E-state index is 5.90. The van der Waals surface area contributed by atoms with Gasteiger partial charge in [-0.05, 0) is 24.6 Å². The van der Waals surface area contributed by atoms with Gasteiger partial charge in [0.2, 0.25) is 0 Å². The highest BCUT2D eigenvalue weighted by Gasteiger charge is 2.09. The molecule has 0 atom stereocenters. The van der Waals surface area contributed by atoms with E-state index in [1.165, 1.54) is 0 Å². The first-order valence-electron chi connectivity index (χ1n) is 9.36. The Morgan fingerprint density at radius 1 is 1.22 bits per heavy atom. The minimum atomic E-state index is 0. The lowest BCUT2D eigenvalue weighted by Crippen LogP contribution is -2.38. The summed E-state index contributed by atoms with van der Waals surface area (Å²) in [7, 11) is 1.77. The van der Waals surface area contributed by atoms with E-state index in [1.807, 2.05) is 19.1 Å². The fourth-order valence-corrected chi connectivity index (χ4v) is 2.65. The van der Waals surface area contributed by atoms with Crippen LogP contribution in [0.15, 0.2) is 29.3 Å². The molecule has 2 rings (SSSR count). The van der Waals surface area contributed by atoms with Gasteiger partial charge >= 0.3 is 0 Å². The Bertz CT molecular complexity index is 539. The number of rotatable bonds is 10. The SMILES string of the molecule is CCOCCNC(=NC)NCc1cccc(OCCN2CCOCC2)c1.I. The van der Waals surface area contributed by atoms with Crippen LogP contribution in [0, 0.1) is 0 Å². The molecule has 0 radical (unpaired) electrons. The summed E-state index contributed by atoms with van der Waals surface area (Å²) in [6, 6.07) is 8.17. The molecule has 0 saturated carbocycles. The summed E-state index contributed by atoms with van der Waals surface area (Å²) in [5.41, 5.74) is 1.15. The molecule has 0 bridgehead atoms. The molecule has 1 aromatic carbocycles. The van der Waals surface area contributed by atoms with E-state index in [0.29, 0.717) is 19.8 Å². The average molecular weight is 492 g/mol. The van der Waals surface area contributed by atoms with Gasteiger partial charge in [0, 0.05) is 46.4 Å². The van der Waals surface area contributed by atoms with Gasteiger partial charge in [0.25, 0.3) is 0 Å². The summed E-state index contributed by atoms with van der Waals surface area (Å²) < 4.78 is 16.6. The molecule has 0 unspecified atom stereocenters. The molecular formula is C19H33IN4O3. The van der Waals surface area contributed by atoms with Crippen molar-refractivity contribution in [3.05, 3.63) is 29.8 Å². The normalized spacial score (nSPS) is 15.1. The van der Waals surface area contributed by atoms with Crippen LogP contribution in [0.25, 0.3) is 0 Å². The summed E-state index contributed by atoms with van der Waals surface area (Å²) in [6.07, 6.45) is 0. The molecule has 1 heterocycles. The van der Waals surface area contributed by atoms with Crippen molar-refractivity contribution < 1.29 is 14.2 Å². The van der Waals surface area contributed by atoms with Gasteiger partial charge in [-0.3, -0.25) is 9.89 Å². The number of aliphatic imine (C=N–C) groups is 1. The third-order valence-electron chi connectivity index (χ3n) is 4.10. The van der Waals surface area contributed by atoms with Crippen LogP contribution in [0.4, 0.5) is 0 Å². The van der Waals surface area contributed by atoms with Crippen LogP contribution in [0.1, 0.15) is 12.5 Å². The van der Waals surface area contributed by atoms with Crippen molar-refractivity contribution in [2.45, 2.75) is 13.5 Å². The first-order valence-corrected chi connectivity index (χ1v) is 9.36. The van der Waals surface area contributed by atoms with Crippen molar-refractivity contribution in [2.24, 2.45) is 4.99 Å². The number of nitrogens with zero attached hydrogens (tertiary/aromatic N) is 2. The molecule has 0 amide bonds. The zero-order valence-electron chi connectivity index (χ0n) is 16.4. The van der Waals surface area contributed by atoms with Crippen LogP contribution in [-0.2, 0) is 16.0 Å². The summed E-state index contributed by atoms with van der Waals surface area (Å²) in [5.74, 6) is 1.67. The van der Waals surface area contributed by atoms with Gasteiger partial charge in [-0.2, -0.15) is 0 Å². The smallest absolute Gasteiger partial charge is 0.191 e. The molecular weight excluding hydrogens is 459 g/mol. The lowest BCUT2D eigenvalue weighted by atomic mass is 10.2. The van der Waals surface area contributed by atoms with Crippen LogP contribution < -0.4 is 15.4 Å². The van der Waals surface area contributed by atoms with E-state index < -0.39 is 0 Å². The number of hydrogen-bond acceptors (Lipinski definition) is 5. The quantitative estimate of drug-likeness (QED) is 0.225. The molecule has 1 aliphatic heterocycles. The predicted octanol–water partition coefficient (Wildman–Crippen LogP) is 1.72. The van der Waals surface area contributed by atoms with Crippen LogP contribution in [0.3, 0.4) is 0 Å². The highest BCUT2D eigenvalue weighted by atomic mass is 127. The molecule has 0 aliphatic carbocycles. The van der Waals surface area contributed by atoms with Crippen LogP contribution in [0.5, 0.6) is 5.75 Å². The number of benzene rings is 1. The predicted molar refractivity (Wildman–Crippen MR) is 119 cm³/mol. The van der Waals surface area contributed by atoms with E-state index in [-0.39, 0.29) is 24.0 Å². The maximum Gasteiger partial charge on any atom is 0.191 e. The highest BCUT2D eigenvalue weighted by Crippen LogP contribution is 2.13. The zero-order valence-corrected chi connectivity index (χ0v) is 18.7. The molecule has 8 heteroatoms. The topological polar surface area (TPSA) is 67.3 Å². The fraction of sp³-hybridized carbons (Fsp3) is 0.632. The lowest BCUT2D eigenvalue weighted by Gasteiger charge is -2.26. The van der Waals surface area contributed by atoms with Gasteiger partial charge in [0.05, 0.1) is 19.8 Å². The highest BCUT2D eigenvalue weighted by molar-refractivity contribution is 14.0. The van der Waals surface area contributed by atoms with E-state index in [4.69, 9.17) is 14.2 Å². The molecule has 27 heavy (non-hydrogen) atoms. The molecule has 0 spiro atoms. The number of morpholine rings is 1. The maximum absolute atomic E-state index is 5.90. The second kappa shape index (κ2) is 14.9. The van der Waals surface area contributed by atoms with Crippen molar-refractivity contribution in [2.75, 3.05) is 66.3 Å². The second-order valence-electron chi connectivity index (χ2n) is 6.00. The molecule has 1 fully saturated rings. The Morgan fingerprint density at radius 3 is 2.78 bits per heavy atom. The number of nitrogens with one attached hydrogen (secondary N) is 2. The molecule has 1 saturated heterocycles. The number of ether oxygens (including phenoxy) is 3. The second-order valence-corrected chi connectivity index (χ2v) is 6.00. The van der Waals surface area contributed by atoms with E-state index in [2.05, 4.69) is 32.7 Å². The van der Waals surface area contributed by atoms with Gasteiger partial charge in [0.15, 0.2) is 5.96 Å². The van der Waals surface area contributed by atoms with Crippen molar-refractivity contribution in [1.29, 1.82) is 0 Å². The minimum absolute atomic E-state index is 0. The van der Waals surface area contributed by atoms with E-state index in [0.717, 1.165) is 63.3 Å². The number of halogens is 1. The molecule has 0 aromatic heterocycles. The summed E-state index contributed by atoms with van der Waals surface area (Å²) in [6.45, 7) is 10.1. The molecule has 7 nitrogen and oxygen atoms in total. The molecule has 2 N–H and O–H groups in total.